The molecule has 6 rings (SSSR count). The van der Waals surface area contributed by atoms with E-state index in [0.717, 1.165) is 43.9 Å². The molecule has 0 radical (unpaired) electrons. The van der Waals surface area contributed by atoms with Crippen molar-refractivity contribution in [3.8, 4) is 22.4 Å². The number of rotatable bonds is 3. The molecule has 0 amide bonds. The zero-order valence-electron chi connectivity index (χ0n) is 20.5. The lowest BCUT2D eigenvalue weighted by Gasteiger charge is -2.38. The van der Waals surface area contributed by atoms with Gasteiger partial charge in [-0.15, -0.1) is 0 Å². The first kappa shape index (κ1) is 25.2. The van der Waals surface area contributed by atoms with Crippen LogP contribution in [0, 0.1) is 18.2 Å². The number of anilines is 1. The van der Waals surface area contributed by atoms with Gasteiger partial charge in [-0.1, -0.05) is 24.3 Å². The van der Waals surface area contributed by atoms with Gasteiger partial charge in [0.1, 0.15) is 11.6 Å². The zero-order valence-corrected chi connectivity index (χ0v) is 20.5. The average Bonchev–Trinajstić information content (AvgIpc) is 3.17. The maximum absolute atomic E-state index is 14.8. The van der Waals surface area contributed by atoms with E-state index in [0.29, 0.717) is 22.4 Å². The minimum Gasteiger partial charge on any atom is -0.335 e. The maximum Gasteiger partial charge on any atom is 0.417 e. The first-order valence-electron chi connectivity index (χ1n) is 12.5. The van der Waals surface area contributed by atoms with E-state index >= 15 is 0 Å². The highest BCUT2D eigenvalue weighted by Crippen LogP contribution is 2.42. The lowest BCUT2D eigenvalue weighted by atomic mass is 9.95. The Morgan fingerprint density at radius 1 is 0.897 bits per heavy atom. The molecule has 4 aromatic rings. The van der Waals surface area contributed by atoms with Gasteiger partial charge in [-0.05, 0) is 61.6 Å². The van der Waals surface area contributed by atoms with Crippen LogP contribution in [0.1, 0.15) is 31.2 Å². The van der Waals surface area contributed by atoms with Gasteiger partial charge in [0.2, 0.25) is 11.6 Å². The summed E-state index contributed by atoms with van der Waals surface area (Å²) < 4.78 is 70.9. The second kappa shape index (κ2) is 9.27. The van der Waals surface area contributed by atoms with Crippen LogP contribution in [0.2, 0.25) is 0 Å². The van der Waals surface area contributed by atoms with E-state index in [-0.39, 0.29) is 35.1 Å². The molecular weight excluding hydrogens is 513 g/mol. The van der Waals surface area contributed by atoms with Crippen LogP contribution >= 0.6 is 0 Å². The summed E-state index contributed by atoms with van der Waals surface area (Å²) in [5.74, 6) is -1.33. The number of piperidine rings is 1. The van der Waals surface area contributed by atoms with E-state index in [4.69, 9.17) is 22.3 Å². The lowest BCUT2D eigenvalue weighted by Crippen LogP contribution is -2.48. The van der Waals surface area contributed by atoms with Crippen molar-refractivity contribution in [1.82, 2.24) is 9.97 Å². The second-order valence-corrected chi connectivity index (χ2v) is 10.1. The van der Waals surface area contributed by atoms with Gasteiger partial charge >= 0.3 is 6.18 Å². The van der Waals surface area contributed by atoms with Crippen LogP contribution < -0.4 is 10.6 Å². The summed E-state index contributed by atoms with van der Waals surface area (Å²) in [7, 11) is 0. The second-order valence-electron chi connectivity index (χ2n) is 10.1. The fraction of sp³-hybridized carbons (Fsp3) is 0.276. The van der Waals surface area contributed by atoms with Crippen molar-refractivity contribution in [2.75, 3.05) is 4.90 Å². The lowest BCUT2D eigenvalue weighted by molar-refractivity contribution is -0.137. The van der Waals surface area contributed by atoms with Gasteiger partial charge in [0.15, 0.2) is 0 Å². The maximum atomic E-state index is 14.8. The molecule has 0 aliphatic carbocycles. The number of alkyl halides is 3. The average molecular weight is 536 g/mol. The highest BCUT2D eigenvalue weighted by molar-refractivity contribution is 5.96. The Bertz CT molecular complexity index is 1630. The third-order valence-electron chi connectivity index (χ3n) is 7.63. The van der Waals surface area contributed by atoms with Crippen LogP contribution in [0.5, 0.6) is 0 Å². The van der Waals surface area contributed by atoms with Gasteiger partial charge in [-0.3, -0.25) is 0 Å². The van der Waals surface area contributed by atoms with Crippen molar-refractivity contribution >= 4 is 22.5 Å². The van der Waals surface area contributed by atoms with E-state index in [1.54, 1.807) is 6.07 Å². The monoisotopic (exact) mass is 535 g/mol. The normalized spacial score (nSPS) is 20.8. The highest BCUT2D eigenvalue weighted by Gasteiger charge is 2.41. The van der Waals surface area contributed by atoms with Gasteiger partial charge in [0.05, 0.1) is 23.3 Å². The Balaban J connectivity index is 1.58. The summed E-state index contributed by atoms with van der Waals surface area (Å²) in [4.78, 5) is 14.9. The molecular formula is C29H22F5N5. The molecule has 2 N–H and O–H groups in total. The number of fused-ring (bicyclic) bond motifs is 3. The molecule has 39 heavy (non-hydrogen) atoms. The third-order valence-corrected chi connectivity index (χ3v) is 7.63. The summed E-state index contributed by atoms with van der Waals surface area (Å²) >= 11 is 0. The fourth-order valence-electron chi connectivity index (χ4n) is 5.95. The van der Waals surface area contributed by atoms with Crippen LogP contribution in [0.15, 0.2) is 54.6 Å². The Morgan fingerprint density at radius 2 is 1.62 bits per heavy atom. The Hall–Kier alpha value is -4.10. The molecule has 2 aliphatic heterocycles. The van der Waals surface area contributed by atoms with Crippen LogP contribution in [0.25, 0.3) is 38.1 Å². The SMILES string of the molecule is [C-]#[N+]c1ccc(-c2nc(N3C4CCC3CC(N)C4)nc3ccc(-c4c(F)cccc4C(F)(F)F)cc23)cc1F. The molecule has 2 aliphatic rings. The summed E-state index contributed by atoms with van der Waals surface area (Å²) in [6, 6.07) is 11.6. The van der Waals surface area contributed by atoms with E-state index in [1.165, 1.54) is 30.3 Å². The van der Waals surface area contributed by atoms with E-state index in [2.05, 4.69) is 9.74 Å². The van der Waals surface area contributed by atoms with Crippen molar-refractivity contribution < 1.29 is 22.0 Å². The molecule has 2 atom stereocenters. The Kier molecular flexibility index (Phi) is 5.99. The Labute approximate surface area is 220 Å². The van der Waals surface area contributed by atoms with E-state index in [1.807, 2.05) is 0 Å². The molecule has 2 unspecified atom stereocenters. The fourth-order valence-corrected chi connectivity index (χ4v) is 5.95. The van der Waals surface area contributed by atoms with Crippen molar-refractivity contribution in [2.45, 2.75) is 50.0 Å². The van der Waals surface area contributed by atoms with Crippen molar-refractivity contribution in [3.63, 3.8) is 0 Å². The predicted molar refractivity (Wildman–Crippen MR) is 138 cm³/mol. The molecule has 198 valence electrons. The smallest absolute Gasteiger partial charge is 0.335 e. The molecule has 2 saturated heterocycles. The van der Waals surface area contributed by atoms with Gasteiger partial charge < -0.3 is 10.6 Å². The van der Waals surface area contributed by atoms with Crippen LogP contribution in [-0.4, -0.2) is 28.1 Å². The van der Waals surface area contributed by atoms with E-state index < -0.39 is 28.9 Å². The van der Waals surface area contributed by atoms with E-state index in [9.17, 15) is 22.0 Å². The molecule has 3 aromatic carbocycles. The van der Waals surface area contributed by atoms with Crippen LogP contribution in [0.3, 0.4) is 0 Å². The zero-order chi connectivity index (χ0) is 27.5. The molecule has 0 spiro atoms. The van der Waals surface area contributed by atoms with Crippen LogP contribution in [-0.2, 0) is 6.18 Å². The summed E-state index contributed by atoms with van der Waals surface area (Å²) in [6.07, 6.45) is -1.32. The Morgan fingerprint density at radius 3 is 2.28 bits per heavy atom. The predicted octanol–water partition coefficient (Wildman–Crippen LogP) is 7.27. The first-order valence-corrected chi connectivity index (χ1v) is 12.5. The van der Waals surface area contributed by atoms with Gasteiger partial charge in [-0.25, -0.2) is 23.6 Å². The molecule has 0 saturated carbocycles. The van der Waals surface area contributed by atoms with Crippen LogP contribution in [0.4, 0.5) is 33.6 Å². The molecule has 2 fully saturated rings. The number of hydrogen-bond donors (Lipinski definition) is 1. The quantitative estimate of drug-likeness (QED) is 0.221. The number of halogens is 5. The molecule has 3 heterocycles. The molecule has 1 aromatic heterocycles. The molecule has 10 heteroatoms. The summed E-state index contributed by atoms with van der Waals surface area (Å²) in [5.41, 5.74) is 5.41. The van der Waals surface area contributed by atoms with Crippen molar-refractivity contribution in [3.05, 3.63) is 83.2 Å². The number of nitrogens with two attached hydrogens (primary N) is 1. The first-order chi connectivity index (χ1) is 18.6. The number of nitrogens with zero attached hydrogens (tertiary/aromatic N) is 4. The number of benzene rings is 3. The molecule has 5 nitrogen and oxygen atoms in total. The summed E-state index contributed by atoms with van der Waals surface area (Å²) in [6.45, 7) is 7.16. The highest BCUT2D eigenvalue weighted by atomic mass is 19.4. The van der Waals surface area contributed by atoms with Gasteiger partial charge in [0.25, 0.3) is 0 Å². The number of hydrogen-bond acceptors (Lipinski definition) is 4. The standard InChI is InChI=1S/C29H22F5N5/c1-36-25-10-6-16(12-23(25)31)27-20-11-15(26-21(29(32,33)34)3-2-4-22(26)30)5-9-24(20)37-28(38-27)39-18-7-8-19(39)14-17(35)13-18/h2-6,9-12,17-19H,7-8,13-14,35H2. The van der Waals surface area contributed by atoms with Gasteiger partial charge in [-0.2, -0.15) is 13.2 Å². The number of aromatic nitrogens is 2. The van der Waals surface area contributed by atoms with Crippen molar-refractivity contribution in [1.29, 1.82) is 0 Å². The minimum absolute atomic E-state index is 0.00668. The van der Waals surface area contributed by atoms with Gasteiger partial charge in [0, 0.05) is 34.6 Å². The minimum atomic E-state index is -4.78. The largest absolute Gasteiger partial charge is 0.417 e. The molecule has 2 bridgehead atoms. The topological polar surface area (TPSA) is 59.4 Å². The summed E-state index contributed by atoms with van der Waals surface area (Å²) in [5, 5.41) is 0.337. The third kappa shape index (κ3) is 4.36. The van der Waals surface area contributed by atoms with Crippen molar-refractivity contribution in [2.24, 2.45) is 5.73 Å².